The zero-order chi connectivity index (χ0) is 16.4. The van der Waals surface area contributed by atoms with Crippen LogP contribution in [0.2, 0.25) is 0 Å². The molecule has 2 N–H and O–H groups in total. The van der Waals surface area contributed by atoms with Crippen LogP contribution in [0.4, 0.5) is 5.69 Å². The monoisotopic (exact) mass is 394 g/mol. The Labute approximate surface area is 143 Å². The second kappa shape index (κ2) is 6.33. The zero-order valence-corrected chi connectivity index (χ0v) is 14.5. The van der Waals surface area contributed by atoms with Gasteiger partial charge in [0.05, 0.1) is 4.90 Å². The molecule has 0 atom stereocenters. The predicted molar refractivity (Wildman–Crippen MR) is 91.9 cm³/mol. The molecule has 5 nitrogen and oxygen atoms in total. The smallest absolute Gasteiger partial charge is 0.261 e. The highest BCUT2D eigenvalue weighted by Gasteiger charge is 2.24. The predicted octanol–water partition coefficient (Wildman–Crippen LogP) is 3.14. The van der Waals surface area contributed by atoms with Gasteiger partial charge in [-0.2, -0.15) is 0 Å². The van der Waals surface area contributed by atoms with E-state index in [-0.39, 0.29) is 16.8 Å². The molecule has 2 aromatic carbocycles. The first-order valence-corrected chi connectivity index (χ1v) is 9.41. The van der Waals surface area contributed by atoms with Crippen molar-refractivity contribution >= 4 is 37.5 Å². The van der Waals surface area contributed by atoms with E-state index in [9.17, 15) is 13.2 Å². The van der Waals surface area contributed by atoms with E-state index in [1.165, 1.54) is 24.3 Å². The Morgan fingerprint density at radius 3 is 2.17 bits per heavy atom. The van der Waals surface area contributed by atoms with Crippen molar-refractivity contribution in [2.75, 3.05) is 4.72 Å². The molecule has 1 fully saturated rings. The quantitative estimate of drug-likeness (QED) is 0.817. The maximum atomic E-state index is 12.3. The topological polar surface area (TPSA) is 75.3 Å². The highest BCUT2D eigenvalue weighted by atomic mass is 79.9. The van der Waals surface area contributed by atoms with E-state index in [0.717, 1.165) is 17.3 Å². The minimum Gasteiger partial charge on any atom is -0.349 e. The number of hydrogen-bond acceptors (Lipinski definition) is 3. The Bertz CT molecular complexity index is 813. The summed E-state index contributed by atoms with van der Waals surface area (Å²) in [6, 6.07) is 13.0. The van der Waals surface area contributed by atoms with E-state index >= 15 is 0 Å². The van der Waals surface area contributed by atoms with Gasteiger partial charge in [0.1, 0.15) is 0 Å². The van der Waals surface area contributed by atoms with Crippen molar-refractivity contribution in [3.63, 3.8) is 0 Å². The van der Waals surface area contributed by atoms with Gasteiger partial charge < -0.3 is 5.32 Å². The maximum absolute atomic E-state index is 12.3. The SMILES string of the molecule is O=C(NC1CC1)c1ccc(S(=O)(=O)Nc2ccc(Br)cc2)cc1. The van der Waals surface area contributed by atoms with Crippen LogP contribution in [0.25, 0.3) is 0 Å². The molecule has 1 aliphatic carbocycles. The Hall–Kier alpha value is -1.86. The van der Waals surface area contributed by atoms with Gasteiger partial charge in [-0.05, 0) is 61.4 Å². The van der Waals surface area contributed by atoms with Gasteiger partial charge >= 0.3 is 0 Å². The third-order valence-corrected chi connectivity index (χ3v) is 5.36. The van der Waals surface area contributed by atoms with E-state index in [1.54, 1.807) is 24.3 Å². The van der Waals surface area contributed by atoms with E-state index < -0.39 is 10.0 Å². The van der Waals surface area contributed by atoms with Crippen LogP contribution in [-0.4, -0.2) is 20.4 Å². The Balaban J connectivity index is 1.74. The number of sulfonamides is 1. The molecule has 0 heterocycles. The van der Waals surface area contributed by atoms with Crippen LogP contribution < -0.4 is 10.0 Å². The van der Waals surface area contributed by atoms with Crippen molar-refractivity contribution in [1.29, 1.82) is 0 Å². The summed E-state index contributed by atoms with van der Waals surface area (Å²) in [5, 5.41) is 2.87. The molecule has 0 radical (unpaired) electrons. The molecule has 0 unspecified atom stereocenters. The number of carbonyl (C=O) groups is 1. The highest BCUT2D eigenvalue weighted by molar-refractivity contribution is 9.10. The first-order chi connectivity index (χ1) is 10.9. The van der Waals surface area contributed by atoms with Crippen LogP contribution in [0.1, 0.15) is 23.2 Å². The standard InChI is InChI=1S/C16H15BrN2O3S/c17-12-3-5-14(6-4-12)19-23(21,22)15-9-1-11(2-10-15)16(20)18-13-7-8-13/h1-6,9-10,13,19H,7-8H2,(H,18,20). The molecular weight excluding hydrogens is 380 g/mol. The average molecular weight is 395 g/mol. The second-order valence-corrected chi connectivity index (χ2v) is 7.98. The minimum absolute atomic E-state index is 0.114. The first kappa shape index (κ1) is 16.0. The van der Waals surface area contributed by atoms with Gasteiger partial charge in [0.25, 0.3) is 15.9 Å². The molecule has 0 spiro atoms. The molecule has 0 aliphatic heterocycles. The maximum Gasteiger partial charge on any atom is 0.261 e. The molecule has 0 bridgehead atoms. The Kier molecular flexibility index (Phi) is 4.41. The van der Waals surface area contributed by atoms with Crippen LogP contribution in [0.3, 0.4) is 0 Å². The molecule has 1 amide bonds. The van der Waals surface area contributed by atoms with Gasteiger partial charge in [-0.3, -0.25) is 9.52 Å². The van der Waals surface area contributed by atoms with Crippen LogP contribution in [0, 0.1) is 0 Å². The van der Waals surface area contributed by atoms with Gasteiger partial charge in [-0.1, -0.05) is 15.9 Å². The molecule has 0 saturated heterocycles. The number of anilines is 1. The lowest BCUT2D eigenvalue weighted by Gasteiger charge is -2.09. The molecule has 120 valence electrons. The number of amides is 1. The zero-order valence-electron chi connectivity index (χ0n) is 12.1. The summed E-state index contributed by atoms with van der Waals surface area (Å²) in [5.41, 5.74) is 0.934. The van der Waals surface area contributed by atoms with E-state index in [0.29, 0.717) is 11.3 Å². The van der Waals surface area contributed by atoms with Crippen molar-refractivity contribution in [3.05, 3.63) is 58.6 Å². The third kappa shape index (κ3) is 4.11. The van der Waals surface area contributed by atoms with Crippen LogP contribution in [0.5, 0.6) is 0 Å². The molecule has 1 aliphatic rings. The number of hydrogen-bond donors (Lipinski definition) is 2. The highest BCUT2D eigenvalue weighted by Crippen LogP contribution is 2.21. The summed E-state index contributed by atoms with van der Waals surface area (Å²) in [6.45, 7) is 0. The average Bonchev–Trinajstić information content (AvgIpc) is 3.33. The molecule has 1 saturated carbocycles. The minimum atomic E-state index is -3.68. The van der Waals surface area contributed by atoms with Gasteiger partial charge in [0.2, 0.25) is 0 Å². The number of carbonyl (C=O) groups excluding carboxylic acids is 1. The summed E-state index contributed by atoms with van der Waals surface area (Å²) in [7, 11) is -3.68. The largest absolute Gasteiger partial charge is 0.349 e. The van der Waals surface area contributed by atoms with Crippen LogP contribution in [0.15, 0.2) is 57.9 Å². The lowest BCUT2D eigenvalue weighted by atomic mass is 10.2. The number of halogens is 1. The summed E-state index contributed by atoms with van der Waals surface area (Å²) in [4.78, 5) is 12.0. The molecule has 2 aromatic rings. The molecular formula is C16H15BrN2O3S. The molecule has 0 aromatic heterocycles. The fourth-order valence-corrected chi connectivity index (χ4v) is 3.34. The first-order valence-electron chi connectivity index (χ1n) is 7.13. The van der Waals surface area contributed by atoms with Crippen LogP contribution in [-0.2, 0) is 10.0 Å². The summed E-state index contributed by atoms with van der Waals surface area (Å²) in [6.07, 6.45) is 2.02. The van der Waals surface area contributed by atoms with Crippen molar-refractivity contribution in [2.45, 2.75) is 23.8 Å². The number of rotatable bonds is 5. The normalized spacial score (nSPS) is 14.3. The molecule has 3 rings (SSSR count). The fourth-order valence-electron chi connectivity index (χ4n) is 2.01. The lowest BCUT2D eigenvalue weighted by Crippen LogP contribution is -2.25. The molecule has 7 heteroatoms. The van der Waals surface area contributed by atoms with Crippen molar-refractivity contribution < 1.29 is 13.2 Å². The number of nitrogens with one attached hydrogen (secondary N) is 2. The van der Waals surface area contributed by atoms with E-state index in [4.69, 9.17) is 0 Å². The fraction of sp³-hybridized carbons (Fsp3) is 0.188. The number of benzene rings is 2. The molecule has 23 heavy (non-hydrogen) atoms. The van der Waals surface area contributed by atoms with E-state index in [2.05, 4.69) is 26.0 Å². The summed E-state index contributed by atoms with van der Waals surface area (Å²) >= 11 is 3.30. The van der Waals surface area contributed by atoms with Crippen molar-refractivity contribution in [3.8, 4) is 0 Å². The summed E-state index contributed by atoms with van der Waals surface area (Å²) in [5.74, 6) is -0.169. The van der Waals surface area contributed by atoms with E-state index in [1.807, 2.05) is 0 Å². The van der Waals surface area contributed by atoms with Gasteiger partial charge in [-0.15, -0.1) is 0 Å². The summed E-state index contributed by atoms with van der Waals surface area (Å²) < 4.78 is 28.0. The van der Waals surface area contributed by atoms with Gasteiger partial charge in [0, 0.05) is 21.8 Å². The second-order valence-electron chi connectivity index (χ2n) is 5.38. The van der Waals surface area contributed by atoms with Crippen LogP contribution >= 0.6 is 15.9 Å². The Morgan fingerprint density at radius 2 is 1.61 bits per heavy atom. The lowest BCUT2D eigenvalue weighted by molar-refractivity contribution is 0.0951. The Morgan fingerprint density at radius 1 is 1.00 bits per heavy atom. The van der Waals surface area contributed by atoms with Gasteiger partial charge in [0.15, 0.2) is 0 Å². The van der Waals surface area contributed by atoms with Crippen molar-refractivity contribution in [1.82, 2.24) is 5.32 Å². The van der Waals surface area contributed by atoms with Gasteiger partial charge in [-0.25, -0.2) is 8.42 Å². The van der Waals surface area contributed by atoms with Crippen molar-refractivity contribution in [2.24, 2.45) is 0 Å². The third-order valence-electron chi connectivity index (χ3n) is 3.44.